The number of unbranched alkanes of at least 4 members (excludes halogenated alkanes) is 26. The van der Waals surface area contributed by atoms with Crippen molar-refractivity contribution in [3.05, 3.63) is 24.3 Å². The third kappa shape index (κ3) is 37.2. The van der Waals surface area contributed by atoms with E-state index in [0.717, 1.165) is 44.9 Å². The molecule has 0 radical (unpaired) electrons. The van der Waals surface area contributed by atoms with Crippen molar-refractivity contribution in [1.29, 1.82) is 0 Å². The van der Waals surface area contributed by atoms with Crippen molar-refractivity contribution in [2.45, 2.75) is 225 Å². The van der Waals surface area contributed by atoms with Gasteiger partial charge >= 0.3 is 11.9 Å². The quantitative estimate of drug-likeness (QED) is 0.0400. The van der Waals surface area contributed by atoms with E-state index in [4.69, 9.17) is 9.47 Å². The van der Waals surface area contributed by atoms with Gasteiger partial charge in [0.05, 0.1) is 6.61 Å². The second-order valence-electron chi connectivity index (χ2n) is 14.1. The number of aliphatic hydroxyl groups is 1. The minimum atomic E-state index is -0.772. The lowest BCUT2D eigenvalue weighted by atomic mass is 10.1. The molecular weight excluding hydrogens is 596 g/mol. The molecule has 0 saturated heterocycles. The van der Waals surface area contributed by atoms with Crippen molar-refractivity contribution in [1.82, 2.24) is 0 Å². The van der Waals surface area contributed by atoms with E-state index < -0.39 is 6.10 Å². The van der Waals surface area contributed by atoms with Gasteiger partial charge in [-0.2, -0.15) is 0 Å². The number of hydrogen-bond donors (Lipinski definition) is 1. The van der Waals surface area contributed by atoms with Gasteiger partial charge in [-0.3, -0.25) is 9.59 Å². The topological polar surface area (TPSA) is 72.8 Å². The summed E-state index contributed by atoms with van der Waals surface area (Å²) in [4.78, 5) is 24.3. The van der Waals surface area contributed by atoms with E-state index in [1.807, 2.05) is 0 Å². The molecular formula is C43H80O5. The standard InChI is InChI=1S/C43H80O5/c1-3-5-7-9-11-13-15-17-19-20-21-22-24-25-27-29-31-33-35-37-42(45)47-40-41(39-44)48-43(46)38-36-34-32-30-28-26-23-18-16-14-12-10-8-6-4-2/h17-19,23,41,44H,3-16,20-22,24-40H2,1-2H3. The zero-order valence-electron chi connectivity index (χ0n) is 32.0. The number of ether oxygens (including phenoxy) is 2. The molecule has 282 valence electrons. The highest BCUT2D eigenvalue weighted by molar-refractivity contribution is 5.70. The van der Waals surface area contributed by atoms with Crippen LogP contribution in [-0.4, -0.2) is 36.4 Å². The van der Waals surface area contributed by atoms with E-state index in [1.54, 1.807) is 0 Å². The van der Waals surface area contributed by atoms with Crippen LogP contribution < -0.4 is 0 Å². The van der Waals surface area contributed by atoms with Gasteiger partial charge in [-0.1, -0.05) is 167 Å². The number of allylic oxidation sites excluding steroid dienone is 4. The van der Waals surface area contributed by atoms with E-state index in [2.05, 4.69) is 38.2 Å². The molecule has 0 amide bonds. The molecule has 0 spiro atoms. The fourth-order valence-corrected chi connectivity index (χ4v) is 6.01. The Labute approximate surface area is 298 Å². The highest BCUT2D eigenvalue weighted by Crippen LogP contribution is 2.14. The normalized spacial score (nSPS) is 12.3. The van der Waals surface area contributed by atoms with Crippen LogP contribution in [-0.2, 0) is 19.1 Å². The van der Waals surface area contributed by atoms with E-state index in [0.29, 0.717) is 12.8 Å². The first-order valence-corrected chi connectivity index (χ1v) is 20.9. The number of carbonyl (C=O) groups is 2. The molecule has 5 heteroatoms. The van der Waals surface area contributed by atoms with Gasteiger partial charge in [0, 0.05) is 12.8 Å². The Kier molecular flexibility index (Phi) is 38.5. The highest BCUT2D eigenvalue weighted by Gasteiger charge is 2.16. The van der Waals surface area contributed by atoms with Crippen LogP contribution in [0.4, 0.5) is 0 Å². The van der Waals surface area contributed by atoms with Crippen LogP contribution in [0.3, 0.4) is 0 Å². The minimum absolute atomic E-state index is 0.0671. The van der Waals surface area contributed by atoms with Crippen LogP contribution in [0.2, 0.25) is 0 Å². The summed E-state index contributed by atoms with van der Waals surface area (Å²) in [6.07, 6.45) is 46.7. The maximum absolute atomic E-state index is 12.2. The number of hydrogen-bond acceptors (Lipinski definition) is 5. The van der Waals surface area contributed by atoms with Crippen LogP contribution in [0.1, 0.15) is 219 Å². The Bertz CT molecular complexity index is 731. The van der Waals surface area contributed by atoms with Gasteiger partial charge in [0.2, 0.25) is 0 Å². The molecule has 0 aliphatic heterocycles. The van der Waals surface area contributed by atoms with E-state index in [9.17, 15) is 14.7 Å². The summed E-state index contributed by atoms with van der Waals surface area (Å²) in [5, 5.41) is 9.56. The third-order valence-electron chi connectivity index (χ3n) is 9.22. The lowest BCUT2D eigenvalue weighted by Gasteiger charge is -2.15. The third-order valence-corrected chi connectivity index (χ3v) is 9.22. The molecule has 0 aromatic rings. The largest absolute Gasteiger partial charge is 0.462 e. The first-order valence-electron chi connectivity index (χ1n) is 20.9. The summed E-state index contributed by atoms with van der Waals surface area (Å²) in [5.74, 6) is -0.596. The van der Waals surface area contributed by atoms with E-state index in [-0.39, 0.29) is 25.2 Å². The SMILES string of the molecule is CCCCCCCCC=CCCCCCCCCCCCC(=O)OCC(CO)OC(=O)CCCCCCCC=CCCCCCCCC. The monoisotopic (exact) mass is 677 g/mol. The van der Waals surface area contributed by atoms with Crippen LogP contribution >= 0.6 is 0 Å². The summed E-state index contributed by atoms with van der Waals surface area (Å²) >= 11 is 0. The van der Waals surface area contributed by atoms with Crippen molar-refractivity contribution in [2.24, 2.45) is 0 Å². The molecule has 1 atom stereocenters. The molecule has 1 N–H and O–H groups in total. The second kappa shape index (κ2) is 39.8. The highest BCUT2D eigenvalue weighted by atomic mass is 16.6. The smallest absolute Gasteiger partial charge is 0.306 e. The molecule has 0 aliphatic carbocycles. The van der Waals surface area contributed by atoms with Gasteiger partial charge in [-0.05, 0) is 64.2 Å². The summed E-state index contributed by atoms with van der Waals surface area (Å²) in [6.45, 7) is 4.13. The van der Waals surface area contributed by atoms with Crippen molar-refractivity contribution in [2.75, 3.05) is 13.2 Å². The minimum Gasteiger partial charge on any atom is -0.462 e. The van der Waals surface area contributed by atoms with Gasteiger partial charge < -0.3 is 14.6 Å². The molecule has 0 fully saturated rings. The van der Waals surface area contributed by atoms with Crippen LogP contribution in [0.25, 0.3) is 0 Å². The maximum atomic E-state index is 12.2. The van der Waals surface area contributed by atoms with Crippen molar-refractivity contribution < 1.29 is 24.2 Å². The molecule has 0 bridgehead atoms. The maximum Gasteiger partial charge on any atom is 0.306 e. The molecule has 5 nitrogen and oxygen atoms in total. The van der Waals surface area contributed by atoms with Gasteiger partial charge in [0.25, 0.3) is 0 Å². The zero-order chi connectivity index (χ0) is 35.0. The average molecular weight is 677 g/mol. The average Bonchev–Trinajstić information content (AvgIpc) is 3.09. The molecule has 1 unspecified atom stereocenters. The Morgan fingerprint density at radius 3 is 1.12 bits per heavy atom. The van der Waals surface area contributed by atoms with Gasteiger partial charge in [0.1, 0.15) is 6.61 Å². The molecule has 0 heterocycles. The first-order chi connectivity index (χ1) is 23.6. The van der Waals surface area contributed by atoms with E-state index >= 15 is 0 Å². The van der Waals surface area contributed by atoms with Crippen LogP contribution in [0.5, 0.6) is 0 Å². The molecule has 0 rings (SSSR count). The molecule has 0 aromatic heterocycles. The van der Waals surface area contributed by atoms with Crippen molar-refractivity contribution in [3.63, 3.8) is 0 Å². The summed E-state index contributed by atoms with van der Waals surface area (Å²) in [6, 6.07) is 0. The van der Waals surface area contributed by atoms with Crippen LogP contribution in [0.15, 0.2) is 24.3 Å². The second-order valence-corrected chi connectivity index (χ2v) is 14.1. The van der Waals surface area contributed by atoms with E-state index in [1.165, 1.54) is 148 Å². The molecule has 48 heavy (non-hydrogen) atoms. The number of aliphatic hydroxyl groups excluding tert-OH is 1. The predicted octanol–water partition coefficient (Wildman–Crippen LogP) is 13.1. The summed E-state index contributed by atoms with van der Waals surface area (Å²) in [7, 11) is 0. The van der Waals surface area contributed by atoms with Crippen LogP contribution in [0, 0.1) is 0 Å². The lowest BCUT2D eigenvalue weighted by molar-refractivity contribution is -0.161. The fourth-order valence-electron chi connectivity index (χ4n) is 6.01. The first kappa shape index (κ1) is 46.4. The number of rotatable bonds is 38. The van der Waals surface area contributed by atoms with Crippen molar-refractivity contribution in [3.8, 4) is 0 Å². The predicted molar refractivity (Wildman–Crippen MR) is 205 cm³/mol. The Balaban J connectivity index is 3.53. The molecule has 0 aromatic carbocycles. The lowest BCUT2D eigenvalue weighted by Crippen LogP contribution is -2.28. The summed E-state index contributed by atoms with van der Waals surface area (Å²) in [5.41, 5.74) is 0. The fraction of sp³-hybridized carbons (Fsp3) is 0.860. The van der Waals surface area contributed by atoms with Gasteiger partial charge in [0.15, 0.2) is 6.10 Å². The number of esters is 2. The van der Waals surface area contributed by atoms with Crippen molar-refractivity contribution >= 4 is 11.9 Å². The number of carbonyl (C=O) groups excluding carboxylic acids is 2. The zero-order valence-corrected chi connectivity index (χ0v) is 32.0. The Morgan fingerprint density at radius 2 is 0.771 bits per heavy atom. The van der Waals surface area contributed by atoms with Gasteiger partial charge in [-0.25, -0.2) is 0 Å². The molecule has 0 aliphatic rings. The Hall–Kier alpha value is -1.62. The molecule has 0 saturated carbocycles. The Morgan fingerprint density at radius 1 is 0.458 bits per heavy atom. The summed E-state index contributed by atoms with van der Waals surface area (Å²) < 4.78 is 10.6. The van der Waals surface area contributed by atoms with Gasteiger partial charge in [-0.15, -0.1) is 0 Å².